The molecule has 2 heterocycles. The smallest absolute Gasteiger partial charge is 0.229 e. The molecular formula is C21H30N4O2. The number of piperidine rings is 2. The van der Waals surface area contributed by atoms with Crippen LogP contribution < -0.4 is 5.32 Å². The first-order valence-electron chi connectivity index (χ1n) is 10.00. The number of hydrogen-bond donors (Lipinski definition) is 1. The molecule has 0 radical (unpaired) electrons. The van der Waals surface area contributed by atoms with Crippen LogP contribution in [0.25, 0.3) is 0 Å². The maximum atomic E-state index is 11.9. The molecule has 0 bridgehead atoms. The summed E-state index contributed by atoms with van der Waals surface area (Å²) in [5.41, 5.74) is 1.41. The molecule has 2 aliphatic heterocycles. The zero-order valence-electron chi connectivity index (χ0n) is 16.2. The molecule has 2 fully saturated rings. The molecule has 6 heteroatoms. The third-order valence-corrected chi connectivity index (χ3v) is 5.49. The molecule has 27 heavy (non-hydrogen) atoms. The van der Waals surface area contributed by atoms with Gasteiger partial charge in [-0.3, -0.25) is 19.5 Å². The molecule has 1 aromatic rings. The predicted molar refractivity (Wildman–Crippen MR) is 106 cm³/mol. The summed E-state index contributed by atoms with van der Waals surface area (Å²) in [6, 6.07) is 10.7. The monoisotopic (exact) mass is 370 g/mol. The molecule has 1 N–H and O–H groups in total. The highest BCUT2D eigenvalue weighted by molar-refractivity contribution is 5.97. The molecule has 0 aromatic heterocycles. The van der Waals surface area contributed by atoms with Gasteiger partial charge in [-0.2, -0.15) is 0 Å². The van der Waals surface area contributed by atoms with Crippen LogP contribution in [0.1, 0.15) is 37.7 Å². The molecule has 146 valence electrons. The van der Waals surface area contributed by atoms with Crippen LogP contribution in [-0.2, 0) is 16.0 Å². The van der Waals surface area contributed by atoms with E-state index in [0.29, 0.717) is 38.3 Å². The van der Waals surface area contributed by atoms with Crippen LogP contribution in [-0.4, -0.2) is 60.8 Å². The van der Waals surface area contributed by atoms with Gasteiger partial charge >= 0.3 is 0 Å². The second-order valence-electron chi connectivity index (χ2n) is 7.39. The maximum Gasteiger partial charge on any atom is 0.229 e. The van der Waals surface area contributed by atoms with Crippen molar-refractivity contribution in [1.29, 1.82) is 0 Å². The summed E-state index contributed by atoms with van der Waals surface area (Å²) in [5.74, 6) is 1.48. The Balaban J connectivity index is 1.42. The Labute approximate surface area is 161 Å². The summed E-state index contributed by atoms with van der Waals surface area (Å²) in [4.78, 5) is 31.8. The van der Waals surface area contributed by atoms with E-state index < -0.39 is 0 Å². The third-order valence-electron chi connectivity index (χ3n) is 5.49. The van der Waals surface area contributed by atoms with E-state index in [-0.39, 0.29) is 11.8 Å². The number of likely N-dealkylation sites (tertiary alicyclic amines) is 2. The minimum absolute atomic E-state index is 0.0511. The number of guanidine groups is 1. The van der Waals surface area contributed by atoms with E-state index in [9.17, 15) is 9.59 Å². The topological polar surface area (TPSA) is 65.0 Å². The van der Waals surface area contributed by atoms with Gasteiger partial charge in [-0.15, -0.1) is 0 Å². The Morgan fingerprint density at radius 2 is 1.78 bits per heavy atom. The number of imide groups is 1. The van der Waals surface area contributed by atoms with E-state index in [1.165, 1.54) is 10.5 Å². The number of hydrogen-bond acceptors (Lipinski definition) is 3. The lowest BCUT2D eigenvalue weighted by molar-refractivity contribution is -0.147. The Hall–Kier alpha value is -2.37. The van der Waals surface area contributed by atoms with Crippen LogP contribution in [0.2, 0.25) is 0 Å². The molecule has 0 atom stereocenters. The first-order chi connectivity index (χ1) is 13.2. The van der Waals surface area contributed by atoms with Crippen molar-refractivity contribution in [1.82, 2.24) is 15.1 Å². The summed E-state index contributed by atoms with van der Waals surface area (Å²) in [6.07, 6.45) is 5.09. The highest BCUT2D eigenvalue weighted by Gasteiger charge is 2.26. The minimum atomic E-state index is -0.0511. The zero-order valence-corrected chi connectivity index (χ0v) is 16.2. The number of carbonyl (C=O) groups is 2. The minimum Gasteiger partial charge on any atom is -0.354 e. The van der Waals surface area contributed by atoms with Gasteiger partial charge in [0.15, 0.2) is 5.96 Å². The van der Waals surface area contributed by atoms with Gasteiger partial charge < -0.3 is 10.2 Å². The molecule has 2 saturated heterocycles. The maximum absolute atomic E-state index is 11.9. The molecule has 2 aliphatic rings. The van der Waals surface area contributed by atoms with Crippen molar-refractivity contribution in [3.63, 3.8) is 0 Å². The first kappa shape index (κ1) is 19.4. The summed E-state index contributed by atoms with van der Waals surface area (Å²) in [7, 11) is 1.79. The normalized spacial score (nSPS) is 19.5. The second kappa shape index (κ2) is 9.53. The number of nitrogens with zero attached hydrogens (tertiary/aromatic N) is 3. The fourth-order valence-electron chi connectivity index (χ4n) is 3.96. The van der Waals surface area contributed by atoms with Crippen molar-refractivity contribution in [3.05, 3.63) is 35.9 Å². The lowest BCUT2D eigenvalue weighted by Crippen LogP contribution is -2.49. The quantitative estimate of drug-likeness (QED) is 0.489. The Morgan fingerprint density at radius 3 is 2.41 bits per heavy atom. The fourth-order valence-corrected chi connectivity index (χ4v) is 3.96. The molecule has 0 spiro atoms. The highest BCUT2D eigenvalue weighted by Crippen LogP contribution is 2.21. The number of aliphatic imine (C=N–C) groups is 1. The third kappa shape index (κ3) is 5.31. The van der Waals surface area contributed by atoms with Crippen molar-refractivity contribution in [3.8, 4) is 0 Å². The van der Waals surface area contributed by atoms with E-state index in [4.69, 9.17) is 0 Å². The average molecular weight is 370 g/mol. The van der Waals surface area contributed by atoms with Gasteiger partial charge in [0.1, 0.15) is 0 Å². The molecule has 2 amide bonds. The summed E-state index contributed by atoms with van der Waals surface area (Å²) in [6.45, 7) is 2.94. The van der Waals surface area contributed by atoms with E-state index in [2.05, 4.69) is 45.5 Å². The Morgan fingerprint density at radius 1 is 1.11 bits per heavy atom. The van der Waals surface area contributed by atoms with Gasteiger partial charge in [-0.05, 0) is 37.2 Å². The van der Waals surface area contributed by atoms with Crippen LogP contribution in [0, 0.1) is 5.92 Å². The number of nitrogens with one attached hydrogen (secondary N) is 1. The summed E-state index contributed by atoms with van der Waals surface area (Å²) >= 11 is 0. The largest absolute Gasteiger partial charge is 0.354 e. The standard InChI is InChI=1S/C21H30N4O2/c1-22-21(23-12-15-25-19(26)8-5-9-20(25)27)24-13-10-18(11-14-24)16-17-6-3-2-4-7-17/h2-4,6-7,18H,5,8-16H2,1H3,(H,22,23). The van der Waals surface area contributed by atoms with Crippen molar-refractivity contribution in [2.45, 2.75) is 38.5 Å². The Kier molecular flexibility index (Phi) is 6.85. The lowest BCUT2D eigenvalue weighted by Gasteiger charge is -2.34. The number of amides is 2. The molecule has 0 unspecified atom stereocenters. The predicted octanol–water partition coefficient (Wildman–Crippen LogP) is 2.06. The number of carbonyl (C=O) groups excluding carboxylic acids is 2. The van der Waals surface area contributed by atoms with Crippen LogP contribution in [0.4, 0.5) is 0 Å². The lowest BCUT2D eigenvalue weighted by atomic mass is 9.90. The number of rotatable bonds is 5. The van der Waals surface area contributed by atoms with Crippen molar-refractivity contribution in [2.75, 3.05) is 33.2 Å². The van der Waals surface area contributed by atoms with E-state index in [0.717, 1.165) is 38.3 Å². The molecule has 6 nitrogen and oxygen atoms in total. The molecule has 0 aliphatic carbocycles. The van der Waals surface area contributed by atoms with Gasteiger partial charge in [-0.25, -0.2) is 0 Å². The van der Waals surface area contributed by atoms with Crippen LogP contribution >= 0.6 is 0 Å². The summed E-state index contributed by atoms with van der Waals surface area (Å²) in [5, 5.41) is 3.32. The highest BCUT2D eigenvalue weighted by atomic mass is 16.2. The molecular weight excluding hydrogens is 340 g/mol. The zero-order chi connectivity index (χ0) is 19.1. The van der Waals surface area contributed by atoms with E-state index >= 15 is 0 Å². The fraction of sp³-hybridized carbons (Fsp3) is 0.571. The SMILES string of the molecule is CN=C(NCCN1C(=O)CCCC1=O)N1CCC(Cc2ccccc2)CC1. The molecule has 1 aromatic carbocycles. The van der Waals surface area contributed by atoms with Gasteiger partial charge in [0, 0.05) is 46.1 Å². The van der Waals surface area contributed by atoms with Crippen molar-refractivity contribution >= 4 is 17.8 Å². The second-order valence-corrected chi connectivity index (χ2v) is 7.39. The van der Waals surface area contributed by atoms with Crippen LogP contribution in [0.5, 0.6) is 0 Å². The van der Waals surface area contributed by atoms with Gasteiger partial charge in [-0.1, -0.05) is 30.3 Å². The van der Waals surface area contributed by atoms with Gasteiger partial charge in [0.05, 0.1) is 0 Å². The van der Waals surface area contributed by atoms with Gasteiger partial charge in [0.25, 0.3) is 0 Å². The van der Waals surface area contributed by atoms with Crippen LogP contribution in [0.15, 0.2) is 35.3 Å². The van der Waals surface area contributed by atoms with E-state index in [1.807, 2.05) is 0 Å². The molecule has 0 saturated carbocycles. The first-order valence-corrected chi connectivity index (χ1v) is 10.00. The summed E-state index contributed by atoms with van der Waals surface area (Å²) < 4.78 is 0. The van der Waals surface area contributed by atoms with Gasteiger partial charge in [0.2, 0.25) is 11.8 Å². The van der Waals surface area contributed by atoms with Crippen molar-refractivity contribution in [2.24, 2.45) is 10.9 Å². The number of benzene rings is 1. The van der Waals surface area contributed by atoms with Crippen molar-refractivity contribution < 1.29 is 9.59 Å². The Bertz CT molecular complexity index is 650. The average Bonchev–Trinajstić information content (AvgIpc) is 2.69. The molecule has 3 rings (SSSR count). The van der Waals surface area contributed by atoms with Crippen LogP contribution in [0.3, 0.4) is 0 Å². The van der Waals surface area contributed by atoms with E-state index in [1.54, 1.807) is 7.05 Å².